The third-order valence-electron chi connectivity index (χ3n) is 4.14. The van der Waals surface area contributed by atoms with E-state index in [0.717, 1.165) is 38.8 Å². The zero-order valence-electron chi connectivity index (χ0n) is 11.1. The van der Waals surface area contributed by atoms with Gasteiger partial charge in [-0.05, 0) is 32.2 Å². The molecule has 5 nitrogen and oxygen atoms in total. The van der Waals surface area contributed by atoms with Gasteiger partial charge in [-0.15, -0.1) is 0 Å². The lowest BCUT2D eigenvalue weighted by Gasteiger charge is -2.34. The number of rotatable bonds is 4. The van der Waals surface area contributed by atoms with Gasteiger partial charge in [0.15, 0.2) is 0 Å². The van der Waals surface area contributed by atoms with Crippen molar-refractivity contribution in [2.24, 2.45) is 5.73 Å². The Hall–Kier alpha value is -1.10. The third-order valence-corrected chi connectivity index (χ3v) is 4.14. The number of carbonyl (C=O) groups excluding carboxylic acids is 2. The first-order valence-electron chi connectivity index (χ1n) is 6.95. The summed E-state index contributed by atoms with van der Waals surface area (Å²) in [6.45, 7) is 4.04. The Balaban J connectivity index is 2.04. The van der Waals surface area contributed by atoms with E-state index in [1.54, 1.807) is 0 Å². The maximum Gasteiger partial charge on any atom is 0.231 e. The number of primary amides is 1. The van der Waals surface area contributed by atoms with Crippen molar-refractivity contribution in [2.75, 3.05) is 19.6 Å². The van der Waals surface area contributed by atoms with Crippen LogP contribution in [0, 0.1) is 0 Å². The summed E-state index contributed by atoms with van der Waals surface area (Å²) in [5.74, 6) is -0.0308. The van der Waals surface area contributed by atoms with E-state index in [9.17, 15) is 9.59 Å². The van der Waals surface area contributed by atoms with Crippen LogP contribution in [-0.2, 0) is 9.59 Å². The van der Waals surface area contributed by atoms with Crippen LogP contribution in [0.15, 0.2) is 0 Å². The van der Waals surface area contributed by atoms with Crippen molar-refractivity contribution in [1.82, 2.24) is 9.80 Å². The summed E-state index contributed by atoms with van der Waals surface area (Å²) in [5, 5.41) is 0. The molecule has 102 valence electrons. The van der Waals surface area contributed by atoms with Crippen molar-refractivity contribution >= 4 is 11.8 Å². The van der Waals surface area contributed by atoms with Gasteiger partial charge in [-0.3, -0.25) is 14.5 Å². The first-order chi connectivity index (χ1) is 8.63. The van der Waals surface area contributed by atoms with Gasteiger partial charge in [0.1, 0.15) is 0 Å². The number of likely N-dealkylation sites (tertiary alicyclic amines) is 2. The molecule has 18 heavy (non-hydrogen) atoms. The van der Waals surface area contributed by atoms with Crippen molar-refractivity contribution in [3.63, 3.8) is 0 Å². The molecule has 0 aromatic carbocycles. The lowest BCUT2D eigenvalue weighted by Crippen LogP contribution is -2.49. The first kappa shape index (κ1) is 13.3. The highest BCUT2D eigenvalue weighted by Gasteiger charge is 2.39. The molecular formula is C13H23N3O2. The summed E-state index contributed by atoms with van der Waals surface area (Å²) in [6, 6.07) is 0.620. The van der Waals surface area contributed by atoms with E-state index in [1.165, 1.54) is 0 Å². The molecule has 0 bridgehead atoms. The molecule has 0 radical (unpaired) electrons. The van der Waals surface area contributed by atoms with Gasteiger partial charge >= 0.3 is 0 Å². The Morgan fingerprint density at radius 2 is 1.83 bits per heavy atom. The summed E-state index contributed by atoms with van der Waals surface area (Å²) >= 11 is 0. The number of nitrogens with two attached hydrogens (primary N) is 1. The molecule has 0 saturated carbocycles. The second-order valence-corrected chi connectivity index (χ2v) is 5.30. The average Bonchev–Trinajstić information content (AvgIpc) is 2.94. The predicted octanol–water partition coefficient (Wildman–Crippen LogP) is 0.337. The topological polar surface area (TPSA) is 66.6 Å². The SMILES string of the molecule is CCC(=O)N1CCC[C@@H]1[C@@H]1CCCN1CC(N)=O. The van der Waals surface area contributed by atoms with Crippen LogP contribution in [0.2, 0.25) is 0 Å². The van der Waals surface area contributed by atoms with Gasteiger partial charge in [0.25, 0.3) is 0 Å². The van der Waals surface area contributed by atoms with Gasteiger partial charge in [0.2, 0.25) is 11.8 Å². The summed E-state index contributed by atoms with van der Waals surface area (Å²) < 4.78 is 0. The highest BCUT2D eigenvalue weighted by molar-refractivity contribution is 5.77. The number of amides is 2. The minimum Gasteiger partial charge on any atom is -0.369 e. The third kappa shape index (κ3) is 2.66. The molecule has 0 unspecified atom stereocenters. The Morgan fingerprint density at radius 1 is 1.17 bits per heavy atom. The lowest BCUT2D eigenvalue weighted by molar-refractivity contribution is -0.132. The molecule has 0 aromatic heterocycles. The van der Waals surface area contributed by atoms with Crippen LogP contribution in [0.1, 0.15) is 39.0 Å². The lowest BCUT2D eigenvalue weighted by atomic mass is 10.0. The van der Waals surface area contributed by atoms with Gasteiger partial charge < -0.3 is 10.6 Å². The molecule has 0 aliphatic carbocycles. The van der Waals surface area contributed by atoms with E-state index >= 15 is 0 Å². The van der Waals surface area contributed by atoms with Crippen molar-refractivity contribution in [3.05, 3.63) is 0 Å². The number of hydrogen-bond donors (Lipinski definition) is 1. The maximum atomic E-state index is 11.9. The minimum atomic E-state index is -0.270. The Bertz CT molecular complexity index is 332. The number of nitrogens with zero attached hydrogens (tertiary/aromatic N) is 2. The Kier molecular flexibility index (Phi) is 4.22. The van der Waals surface area contributed by atoms with Gasteiger partial charge in [0, 0.05) is 25.0 Å². The van der Waals surface area contributed by atoms with Crippen LogP contribution in [0.5, 0.6) is 0 Å². The van der Waals surface area contributed by atoms with Crippen LogP contribution in [0.25, 0.3) is 0 Å². The fraction of sp³-hybridized carbons (Fsp3) is 0.846. The highest BCUT2D eigenvalue weighted by atomic mass is 16.2. The number of hydrogen-bond acceptors (Lipinski definition) is 3. The van der Waals surface area contributed by atoms with Crippen LogP contribution in [0.3, 0.4) is 0 Å². The fourth-order valence-electron chi connectivity index (χ4n) is 3.39. The van der Waals surface area contributed by atoms with E-state index in [-0.39, 0.29) is 11.8 Å². The average molecular weight is 253 g/mol. The largest absolute Gasteiger partial charge is 0.369 e. The molecule has 2 rings (SSSR count). The monoisotopic (exact) mass is 253 g/mol. The Morgan fingerprint density at radius 3 is 2.50 bits per heavy atom. The predicted molar refractivity (Wildman–Crippen MR) is 68.8 cm³/mol. The van der Waals surface area contributed by atoms with E-state index in [1.807, 2.05) is 11.8 Å². The van der Waals surface area contributed by atoms with Crippen LogP contribution >= 0.6 is 0 Å². The van der Waals surface area contributed by atoms with Crippen LogP contribution in [-0.4, -0.2) is 53.3 Å². The zero-order chi connectivity index (χ0) is 13.1. The summed E-state index contributed by atoms with van der Waals surface area (Å²) in [7, 11) is 0. The first-order valence-corrected chi connectivity index (χ1v) is 6.95. The molecule has 2 aliphatic heterocycles. The van der Waals surface area contributed by atoms with E-state index in [2.05, 4.69) is 4.90 Å². The van der Waals surface area contributed by atoms with Crippen molar-refractivity contribution in [1.29, 1.82) is 0 Å². The molecule has 2 N–H and O–H groups in total. The summed E-state index contributed by atoms with van der Waals surface area (Å²) in [5.41, 5.74) is 5.29. The van der Waals surface area contributed by atoms with Gasteiger partial charge in [-0.1, -0.05) is 6.92 Å². The molecule has 5 heteroatoms. The van der Waals surface area contributed by atoms with E-state index in [4.69, 9.17) is 5.73 Å². The smallest absolute Gasteiger partial charge is 0.231 e. The molecule has 2 fully saturated rings. The molecule has 2 aliphatic rings. The number of carbonyl (C=O) groups is 2. The molecule has 0 spiro atoms. The Labute approximate surface area is 108 Å². The van der Waals surface area contributed by atoms with Crippen LogP contribution < -0.4 is 5.73 Å². The maximum absolute atomic E-state index is 11.9. The zero-order valence-corrected chi connectivity index (χ0v) is 11.1. The van der Waals surface area contributed by atoms with Gasteiger partial charge in [0.05, 0.1) is 6.54 Å². The quantitative estimate of drug-likeness (QED) is 0.785. The second kappa shape index (κ2) is 5.69. The highest BCUT2D eigenvalue weighted by Crippen LogP contribution is 2.30. The second-order valence-electron chi connectivity index (χ2n) is 5.30. The van der Waals surface area contributed by atoms with Crippen molar-refractivity contribution in [3.8, 4) is 0 Å². The molecule has 2 saturated heterocycles. The van der Waals surface area contributed by atoms with Gasteiger partial charge in [-0.2, -0.15) is 0 Å². The van der Waals surface area contributed by atoms with Crippen molar-refractivity contribution < 1.29 is 9.59 Å². The minimum absolute atomic E-state index is 0.239. The molecule has 2 atom stereocenters. The van der Waals surface area contributed by atoms with Crippen LogP contribution in [0.4, 0.5) is 0 Å². The molecule has 2 amide bonds. The molecule has 0 aromatic rings. The molecular weight excluding hydrogens is 230 g/mol. The standard InChI is InChI=1S/C13H23N3O2/c1-2-13(18)16-8-4-6-11(16)10-5-3-7-15(10)9-12(14)17/h10-11H,2-9H2,1H3,(H2,14,17)/t10-,11+/m0/s1. The molecule has 2 heterocycles. The fourth-order valence-corrected chi connectivity index (χ4v) is 3.39. The van der Waals surface area contributed by atoms with E-state index < -0.39 is 0 Å². The summed E-state index contributed by atoms with van der Waals surface area (Å²) in [6.07, 6.45) is 4.88. The van der Waals surface area contributed by atoms with Gasteiger partial charge in [-0.25, -0.2) is 0 Å². The van der Waals surface area contributed by atoms with Crippen molar-refractivity contribution in [2.45, 2.75) is 51.1 Å². The normalized spacial score (nSPS) is 28.8. The van der Waals surface area contributed by atoms with E-state index in [0.29, 0.717) is 25.0 Å². The summed E-state index contributed by atoms with van der Waals surface area (Å²) in [4.78, 5) is 27.2.